The Hall–Kier alpha value is -4.16. The SMILES string of the molecule is COc1ccc(-c2nc(CC(=O)OCc3c(C#N)c(C)nn3-c3ccccc3)cs2)cc1OC. The van der Waals surface area contributed by atoms with Gasteiger partial charge < -0.3 is 14.2 Å². The molecule has 0 aliphatic carbocycles. The molecule has 2 heterocycles. The van der Waals surface area contributed by atoms with Gasteiger partial charge in [0.15, 0.2) is 11.5 Å². The Morgan fingerprint density at radius 2 is 1.88 bits per heavy atom. The van der Waals surface area contributed by atoms with Crippen molar-refractivity contribution in [2.45, 2.75) is 20.0 Å². The molecule has 34 heavy (non-hydrogen) atoms. The van der Waals surface area contributed by atoms with E-state index in [9.17, 15) is 10.1 Å². The van der Waals surface area contributed by atoms with Crippen LogP contribution in [-0.2, 0) is 22.6 Å². The number of methoxy groups -OCH3 is 2. The van der Waals surface area contributed by atoms with Crippen LogP contribution in [0.25, 0.3) is 16.3 Å². The fraction of sp³-hybridized carbons (Fsp3) is 0.200. The maximum Gasteiger partial charge on any atom is 0.312 e. The molecule has 9 heteroatoms. The van der Waals surface area contributed by atoms with Crippen LogP contribution in [0.1, 0.15) is 22.6 Å². The van der Waals surface area contributed by atoms with Crippen molar-refractivity contribution < 1.29 is 19.0 Å². The molecule has 0 N–H and O–H groups in total. The summed E-state index contributed by atoms with van der Waals surface area (Å²) in [5.41, 5.74) is 3.77. The van der Waals surface area contributed by atoms with E-state index in [0.717, 1.165) is 16.3 Å². The van der Waals surface area contributed by atoms with E-state index in [-0.39, 0.29) is 13.0 Å². The van der Waals surface area contributed by atoms with Crippen LogP contribution in [0, 0.1) is 18.3 Å². The number of nitriles is 1. The summed E-state index contributed by atoms with van der Waals surface area (Å²) in [6.45, 7) is 1.69. The maximum atomic E-state index is 12.6. The lowest BCUT2D eigenvalue weighted by Crippen LogP contribution is -2.12. The summed E-state index contributed by atoms with van der Waals surface area (Å²) in [5.74, 6) is 0.801. The minimum absolute atomic E-state index is 0.0180. The first-order chi connectivity index (χ1) is 16.5. The summed E-state index contributed by atoms with van der Waals surface area (Å²) >= 11 is 1.43. The molecule has 0 bridgehead atoms. The molecule has 4 rings (SSSR count). The summed E-state index contributed by atoms with van der Waals surface area (Å²) in [4.78, 5) is 17.1. The molecule has 0 spiro atoms. The van der Waals surface area contributed by atoms with Gasteiger partial charge in [-0.15, -0.1) is 11.3 Å². The number of para-hydroxylation sites is 1. The number of benzene rings is 2. The first kappa shape index (κ1) is 23.0. The van der Waals surface area contributed by atoms with Gasteiger partial charge in [0, 0.05) is 10.9 Å². The van der Waals surface area contributed by atoms with Crippen LogP contribution in [0.15, 0.2) is 53.9 Å². The highest BCUT2D eigenvalue weighted by Crippen LogP contribution is 2.33. The second-order valence-corrected chi connectivity index (χ2v) is 8.18. The Bertz CT molecular complexity index is 1360. The zero-order chi connectivity index (χ0) is 24.1. The van der Waals surface area contributed by atoms with Crippen molar-refractivity contribution in [2.75, 3.05) is 14.2 Å². The highest BCUT2D eigenvalue weighted by atomic mass is 32.1. The zero-order valence-electron chi connectivity index (χ0n) is 18.9. The van der Waals surface area contributed by atoms with Crippen molar-refractivity contribution in [3.05, 3.63) is 76.6 Å². The second kappa shape index (κ2) is 10.2. The van der Waals surface area contributed by atoms with Crippen molar-refractivity contribution in [2.24, 2.45) is 0 Å². The van der Waals surface area contributed by atoms with E-state index in [1.165, 1.54) is 11.3 Å². The van der Waals surface area contributed by atoms with E-state index < -0.39 is 5.97 Å². The lowest BCUT2D eigenvalue weighted by Gasteiger charge is -2.09. The van der Waals surface area contributed by atoms with E-state index in [1.807, 2.05) is 53.9 Å². The van der Waals surface area contributed by atoms with Gasteiger partial charge in [-0.2, -0.15) is 10.4 Å². The Morgan fingerprint density at radius 1 is 1.12 bits per heavy atom. The normalized spacial score (nSPS) is 10.5. The minimum atomic E-state index is -0.438. The first-order valence-electron chi connectivity index (χ1n) is 10.4. The number of ether oxygens (including phenoxy) is 3. The minimum Gasteiger partial charge on any atom is -0.493 e. The molecule has 0 saturated carbocycles. The van der Waals surface area contributed by atoms with Gasteiger partial charge in [0.2, 0.25) is 0 Å². The Balaban J connectivity index is 1.46. The smallest absolute Gasteiger partial charge is 0.312 e. The Kier molecular flexibility index (Phi) is 6.90. The number of carbonyl (C=O) groups excluding carboxylic acids is 1. The average molecular weight is 475 g/mol. The molecule has 8 nitrogen and oxygen atoms in total. The third-order valence-corrected chi connectivity index (χ3v) is 6.09. The molecule has 0 aliphatic heterocycles. The monoisotopic (exact) mass is 474 g/mol. The molecule has 0 atom stereocenters. The number of rotatable bonds is 8. The van der Waals surface area contributed by atoms with Crippen LogP contribution in [0.5, 0.6) is 11.5 Å². The predicted octanol–water partition coefficient (Wildman–Crippen LogP) is 4.48. The lowest BCUT2D eigenvalue weighted by molar-refractivity contribution is -0.144. The van der Waals surface area contributed by atoms with Gasteiger partial charge in [0.1, 0.15) is 23.2 Å². The number of hydrogen-bond acceptors (Lipinski definition) is 8. The van der Waals surface area contributed by atoms with Crippen molar-refractivity contribution in [3.8, 4) is 33.8 Å². The summed E-state index contributed by atoms with van der Waals surface area (Å²) in [6.07, 6.45) is 0.0180. The number of aromatic nitrogens is 3. The van der Waals surface area contributed by atoms with Gasteiger partial charge >= 0.3 is 5.97 Å². The van der Waals surface area contributed by atoms with E-state index in [4.69, 9.17) is 14.2 Å². The molecule has 0 saturated heterocycles. The summed E-state index contributed by atoms with van der Waals surface area (Å²) in [6, 6.07) is 17.1. The predicted molar refractivity (Wildman–Crippen MR) is 127 cm³/mol. The van der Waals surface area contributed by atoms with Crippen LogP contribution in [0.3, 0.4) is 0 Å². The van der Waals surface area contributed by atoms with Crippen LogP contribution in [0.4, 0.5) is 0 Å². The average Bonchev–Trinajstić information content (AvgIpc) is 3.46. The third-order valence-electron chi connectivity index (χ3n) is 5.15. The maximum absolute atomic E-state index is 12.6. The summed E-state index contributed by atoms with van der Waals surface area (Å²) in [5, 5.41) is 16.6. The van der Waals surface area contributed by atoms with Crippen molar-refractivity contribution >= 4 is 17.3 Å². The van der Waals surface area contributed by atoms with Gasteiger partial charge in [-0.25, -0.2) is 9.67 Å². The number of carbonyl (C=O) groups is 1. The Morgan fingerprint density at radius 3 is 2.59 bits per heavy atom. The van der Waals surface area contributed by atoms with Crippen molar-refractivity contribution in [3.63, 3.8) is 0 Å². The number of thiazole rings is 1. The lowest BCUT2D eigenvalue weighted by atomic mass is 10.2. The van der Waals surface area contributed by atoms with E-state index in [0.29, 0.717) is 34.1 Å². The van der Waals surface area contributed by atoms with Gasteiger partial charge in [-0.3, -0.25) is 4.79 Å². The molecular formula is C25H22N4O4S. The van der Waals surface area contributed by atoms with Crippen molar-refractivity contribution in [1.29, 1.82) is 5.26 Å². The van der Waals surface area contributed by atoms with Gasteiger partial charge in [-0.1, -0.05) is 18.2 Å². The third kappa shape index (κ3) is 4.77. The summed E-state index contributed by atoms with van der Waals surface area (Å²) < 4.78 is 17.8. The van der Waals surface area contributed by atoms with Gasteiger partial charge in [0.25, 0.3) is 0 Å². The van der Waals surface area contributed by atoms with Crippen molar-refractivity contribution in [1.82, 2.24) is 14.8 Å². The molecule has 4 aromatic rings. The second-order valence-electron chi connectivity index (χ2n) is 7.32. The molecule has 0 aliphatic rings. The number of nitrogens with zero attached hydrogens (tertiary/aromatic N) is 4. The van der Waals surface area contributed by atoms with Gasteiger partial charge in [0.05, 0.1) is 43.4 Å². The highest BCUT2D eigenvalue weighted by molar-refractivity contribution is 7.13. The fourth-order valence-electron chi connectivity index (χ4n) is 3.47. The van der Waals surface area contributed by atoms with Gasteiger partial charge in [-0.05, 0) is 37.3 Å². The quantitative estimate of drug-likeness (QED) is 0.347. The molecule has 0 radical (unpaired) electrons. The fourth-order valence-corrected chi connectivity index (χ4v) is 4.29. The number of esters is 1. The summed E-state index contributed by atoms with van der Waals surface area (Å²) in [7, 11) is 3.16. The van der Waals surface area contributed by atoms with E-state index >= 15 is 0 Å². The largest absolute Gasteiger partial charge is 0.493 e. The van der Waals surface area contributed by atoms with Crippen LogP contribution in [-0.4, -0.2) is 35.0 Å². The topological polar surface area (TPSA) is 99.3 Å². The molecule has 2 aromatic carbocycles. The van der Waals surface area contributed by atoms with E-state index in [2.05, 4.69) is 16.2 Å². The molecular weight excluding hydrogens is 452 g/mol. The van der Waals surface area contributed by atoms with Crippen LogP contribution >= 0.6 is 11.3 Å². The standard InChI is InChI=1S/C25H22N4O4S/c1-16-20(13-26)21(29(28-16)19-7-5-4-6-8-19)14-33-24(30)12-18-15-34-25(27-18)17-9-10-22(31-2)23(11-17)32-3/h4-11,15H,12,14H2,1-3H3. The van der Waals surface area contributed by atoms with Crippen LogP contribution in [0.2, 0.25) is 0 Å². The number of hydrogen-bond donors (Lipinski definition) is 0. The Labute approximate surface area is 201 Å². The van der Waals surface area contributed by atoms with E-state index in [1.54, 1.807) is 25.8 Å². The van der Waals surface area contributed by atoms with Crippen LogP contribution < -0.4 is 9.47 Å². The first-order valence-corrected chi connectivity index (χ1v) is 11.3. The molecule has 0 amide bonds. The molecule has 0 unspecified atom stereocenters. The highest BCUT2D eigenvalue weighted by Gasteiger charge is 2.19. The number of aryl methyl sites for hydroxylation is 1. The zero-order valence-corrected chi connectivity index (χ0v) is 19.8. The molecule has 2 aromatic heterocycles. The molecule has 0 fully saturated rings. The molecule has 172 valence electrons.